The molecular weight excluding hydrogens is 336 g/mol. The third-order valence-electron chi connectivity index (χ3n) is 3.28. The maximum atomic E-state index is 11.6. The fourth-order valence-corrected chi connectivity index (χ4v) is 2.36. The van der Waals surface area contributed by atoms with E-state index in [-0.39, 0.29) is 11.0 Å². The highest BCUT2D eigenvalue weighted by atomic mass is 16.4. The van der Waals surface area contributed by atoms with Crippen LogP contribution in [-0.4, -0.2) is 49.8 Å². The molecule has 0 aromatic heterocycles. The fraction of sp³-hybridized carbons (Fsp3) is 0. The number of aromatic carboxylic acids is 4. The van der Waals surface area contributed by atoms with Crippen molar-refractivity contribution in [3.8, 4) is 11.1 Å². The molecule has 130 valence electrons. The van der Waals surface area contributed by atoms with Crippen molar-refractivity contribution in [3.63, 3.8) is 0 Å². The van der Waals surface area contributed by atoms with Gasteiger partial charge in [-0.3, -0.25) is 0 Å². The Morgan fingerprint density at radius 2 is 1.04 bits per heavy atom. The zero-order valence-electron chi connectivity index (χ0n) is 12.4. The number of benzene rings is 2. The molecule has 2 rings (SSSR count). The number of carboxylic acids is 4. The third-order valence-corrected chi connectivity index (χ3v) is 3.28. The van der Waals surface area contributed by atoms with E-state index in [1.807, 2.05) is 0 Å². The van der Waals surface area contributed by atoms with Gasteiger partial charge in [-0.05, 0) is 11.6 Å². The van der Waals surface area contributed by atoms with Crippen molar-refractivity contribution in [2.75, 3.05) is 0 Å². The largest absolute Gasteiger partial charge is 0.478 e. The smallest absolute Gasteiger partial charge is 0.337 e. The van der Waals surface area contributed by atoms with Gasteiger partial charge in [0.25, 0.3) is 0 Å². The second-order valence-electron chi connectivity index (χ2n) is 4.68. The van der Waals surface area contributed by atoms with Crippen LogP contribution in [0.3, 0.4) is 0 Å². The van der Waals surface area contributed by atoms with Crippen LogP contribution in [0.15, 0.2) is 36.4 Å². The van der Waals surface area contributed by atoms with E-state index in [0.29, 0.717) is 6.07 Å². The molecule has 0 aliphatic carbocycles. The van der Waals surface area contributed by atoms with Crippen molar-refractivity contribution < 1.29 is 45.1 Å². The highest BCUT2D eigenvalue weighted by Gasteiger charge is 2.31. The summed E-state index contributed by atoms with van der Waals surface area (Å²) in [4.78, 5) is 45.9. The van der Waals surface area contributed by atoms with E-state index in [1.165, 1.54) is 24.3 Å². The molecule has 9 heteroatoms. The summed E-state index contributed by atoms with van der Waals surface area (Å²) in [5.41, 5.74) is -3.55. The van der Waals surface area contributed by atoms with Gasteiger partial charge in [-0.2, -0.15) is 0 Å². The van der Waals surface area contributed by atoms with Gasteiger partial charge in [0.1, 0.15) is 0 Å². The molecule has 0 radical (unpaired) electrons. The van der Waals surface area contributed by atoms with Gasteiger partial charge in [0.2, 0.25) is 0 Å². The predicted molar refractivity (Wildman–Crippen MR) is 83.3 cm³/mol. The second kappa shape index (κ2) is 7.23. The molecule has 0 fully saturated rings. The molecule has 0 unspecified atom stereocenters. The van der Waals surface area contributed by atoms with Crippen molar-refractivity contribution in [1.29, 1.82) is 0 Å². The molecule has 0 atom stereocenters. The Labute approximate surface area is 139 Å². The Balaban J connectivity index is 0.00000312. The van der Waals surface area contributed by atoms with Crippen LogP contribution in [0.5, 0.6) is 0 Å². The van der Waals surface area contributed by atoms with Crippen LogP contribution >= 0.6 is 0 Å². The molecule has 0 amide bonds. The molecule has 0 saturated carbocycles. The molecule has 0 saturated heterocycles. The lowest BCUT2D eigenvalue weighted by molar-refractivity contribution is 0.0638. The average Bonchev–Trinajstić information content (AvgIpc) is 2.52. The lowest BCUT2D eigenvalue weighted by atomic mass is 9.87. The summed E-state index contributed by atoms with van der Waals surface area (Å²) in [6.07, 6.45) is 0. The maximum Gasteiger partial charge on any atom is 0.337 e. The minimum atomic E-state index is -1.68. The van der Waals surface area contributed by atoms with Gasteiger partial charge in [-0.25, -0.2) is 19.2 Å². The Bertz CT molecular complexity index is 819. The molecule has 9 nitrogen and oxygen atoms in total. The van der Waals surface area contributed by atoms with Gasteiger partial charge in [-0.15, -0.1) is 0 Å². The molecule has 25 heavy (non-hydrogen) atoms. The van der Waals surface area contributed by atoms with Crippen LogP contribution in [0.1, 0.15) is 41.4 Å². The van der Waals surface area contributed by atoms with Gasteiger partial charge in [-0.1, -0.05) is 30.3 Å². The molecule has 0 aliphatic rings. The standard InChI is InChI=1S/C16H10O8.H2O/c17-13(18)8-6-9(14(19)20)12(16(23)24)10(11(8)15(21)22)7-4-2-1-3-5-7;/h1-6H,(H,17,18)(H,19,20)(H,21,22)(H,23,24);1H2. The van der Waals surface area contributed by atoms with Crippen molar-refractivity contribution in [3.05, 3.63) is 58.7 Å². The third kappa shape index (κ3) is 3.46. The molecule has 2 aromatic rings. The minimum absolute atomic E-state index is 0. The Morgan fingerprint density at radius 1 is 0.640 bits per heavy atom. The van der Waals surface area contributed by atoms with Crippen LogP contribution in [0.4, 0.5) is 0 Å². The average molecular weight is 348 g/mol. The highest BCUT2D eigenvalue weighted by Crippen LogP contribution is 2.33. The molecule has 0 bridgehead atoms. The van der Waals surface area contributed by atoms with Crippen LogP contribution in [0.25, 0.3) is 11.1 Å². The Kier molecular flexibility index (Phi) is 5.59. The molecule has 0 aliphatic heterocycles. The SMILES string of the molecule is O.O=C(O)c1cc(C(=O)O)c(C(=O)O)c(-c2ccccc2)c1C(=O)O. The van der Waals surface area contributed by atoms with Crippen LogP contribution in [0, 0.1) is 0 Å². The van der Waals surface area contributed by atoms with Gasteiger partial charge in [0, 0.05) is 5.56 Å². The Hall–Kier alpha value is -3.72. The first-order valence-corrected chi connectivity index (χ1v) is 6.45. The molecule has 0 heterocycles. The van der Waals surface area contributed by atoms with Crippen molar-refractivity contribution in [2.45, 2.75) is 0 Å². The van der Waals surface area contributed by atoms with Crippen molar-refractivity contribution in [2.24, 2.45) is 0 Å². The highest BCUT2D eigenvalue weighted by molar-refractivity contribution is 6.15. The first-order valence-electron chi connectivity index (χ1n) is 6.45. The van der Waals surface area contributed by atoms with Crippen LogP contribution < -0.4 is 0 Å². The monoisotopic (exact) mass is 348 g/mol. The quantitative estimate of drug-likeness (QED) is 0.624. The first kappa shape index (κ1) is 19.3. The maximum absolute atomic E-state index is 11.6. The van der Waals surface area contributed by atoms with Crippen LogP contribution in [-0.2, 0) is 0 Å². The number of hydrogen-bond acceptors (Lipinski definition) is 4. The van der Waals surface area contributed by atoms with Gasteiger partial charge in [0.15, 0.2) is 0 Å². The normalized spacial score (nSPS) is 9.76. The summed E-state index contributed by atoms with van der Waals surface area (Å²) in [5, 5.41) is 37.2. The predicted octanol–water partition coefficient (Wildman–Crippen LogP) is 1.32. The molecule has 6 N–H and O–H groups in total. The summed E-state index contributed by atoms with van der Waals surface area (Å²) < 4.78 is 0. The van der Waals surface area contributed by atoms with Crippen molar-refractivity contribution in [1.82, 2.24) is 0 Å². The number of rotatable bonds is 5. The number of carbonyl (C=O) groups is 4. The van der Waals surface area contributed by atoms with E-state index in [2.05, 4.69) is 0 Å². The van der Waals surface area contributed by atoms with E-state index < -0.39 is 51.7 Å². The zero-order valence-corrected chi connectivity index (χ0v) is 12.4. The zero-order chi connectivity index (χ0) is 18.0. The Morgan fingerprint density at radius 3 is 1.36 bits per heavy atom. The molecular formula is C16H12O9. The van der Waals surface area contributed by atoms with Gasteiger partial charge < -0.3 is 25.9 Å². The molecule has 0 spiro atoms. The lowest BCUT2D eigenvalue weighted by Crippen LogP contribution is -2.18. The van der Waals surface area contributed by atoms with Crippen molar-refractivity contribution >= 4 is 23.9 Å². The summed E-state index contributed by atoms with van der Waals surface area (Å²) in [5.74, 6) is -6.70. The van der Waals surface area contributed by atoms with Gasteiger partial charge in [0.05, 0.1) is 22.3 Å². The first-order chi connectivity index (χ1) is 11.3. The summed E-state index contributed by atoms with van der Waals surface area (Å²) in [6.45, 7) is 0. The van der Waals surface area contributed by atoms with E-state index in [9.17, 15) is 39.6 Å². The number of hydrogen-bond donors (Lipinski definition) is 4. The topological polar surface area (TPSA) is 181 Å². The summed E-state index contributed by atoms with van der Waals surface area (Å²) in [7, 11) is 0. The second-order valence-corrected chi connectivity index (χ2v) is 4.68. The van der Waals surface area contributed by atoms with E-state index >= 15 is 0 Å². The minimum Gasteiger partial charge on any atom is -0.478 e. The van der Waals surface area contributed by atoms with Crippen LogP contribution in [0.2, 0.25) is 0 Å². The van der Waals surface area contributed by atoms with Gasteiger partial charge >= 0.3 is 23.9 Å². The van der Waals surface area contributed by atoms with E-state index in [4.69, 9.17) is 0 Å². The summed E-state index contributed by atoms with van der Waals surface area (Å²) in [6, 6.07) is 7.84. The lowest BCUT2D eigenvalue weighted by Gasteiger charge is -2.15. The fourth-order valence-electron chi connectivity index (χ4n) is 2.36. The van der Waals surface area contributed by atoms with E-state index in [0.717, 1.165) is 0 Å². The van der Waals surface area contributed by atoms with E-state index in [1.54, 1.807) is 6.07 Å². The molecule has 2 aromatic carbocycles. The summed E-state index contributed by atoms with van der Waals surface area (Å²) >= 11 is 0. The number of carboxylic acid groups (broad SMARTS) is 4.